The Morgan fingerprint density at radius 1 is 0.821 bits per heavy atom. The first-order chi connectivity index (χ1) is 26.9. The van der Waals surface area contributed by atoms with Gasteiger partial charge in [0.2, 0.25) is 23.5 Å². The van der Waals surface area contributed by atoms with E-state index < -0.39 is 35.9 Å². The van der Waals surface area contributed by atoms with Crippen molar-refractivity contribution in [2.24, 2.45) is 28.3 Å². The zero-order valence-corrected chi connectivity index (χ0v) is 32.7. The van der Waals surface area contributed by atoms with E-state index in [0.717, 1.165) is 26.7 Å². The fraction of sp³-hybridized carbons (Fsp3) is 0.357. The van der Waals surface area contributed by atoms with E-state index in [-0.39, 0.29) is 66.6 Å². The summed E-state index contributed by atoms with van der Waals surface area (Å²) < 4.78 is 0.842. The lowest BCUT2D eigenvalue weighted by atomic mass is 9.88. The highest BCUT2D eigenvalue weighted by atomic mass is 32.1. The van der Waals surface area contributed by atoms with Gasteiger partial charge in [-0.2, -0.15) is 0 Å². The van der Waals surface area contributed by atoms with Gasteiger partial charge in [-0.05, 0) is 60.9 Å². The quantitative estimate of drug-likeness (QED) is 0.0284. The number of nitrogens with zero attached hydrogens (tertiary/aromatic N) is 2. The van der Waals surface area contributed by atoms with Crippen LogP contribution in [0.25, 0.3) is 21.1 Å². The topological polar surface area (TPSA) is 215 Å². The fourth-order valence-electron chi connectivity index (χ4n) is 6.72. The van der Waals surface area contributed by atoms with Crippen molar-refractivity contribution in [3.05, 3.63) is 101 Å². The number of carbonyl (C=O) groups excluding carboxylic acids is 5. The number of H-pyrrole nitrogens is 1. The Morgan fingerprint density at radius 3 is 2.23 bits per heavy atom. The van der Waals surface area contributed by atoms with Gasteiger partial charge in [-0.25, -0.2) is 4.98 Å². The summed E-state index contributed by atoms with van der Waals surface area (Å²) in [6.45, 7) is 5.48. The number of hydrogen-bond donors (Lipinski definition) is 6. The van der Waals surface area contributed by atoms with Crippen molar-refractivity contribution in [1.82, 2.24) is 25.9 Å². The van der Waals surface area contributed by atoms with Crippen LogP contribution in [0, 0.1) is 11.8 Å². The van der Waals surface area contributed by atoms with Gasteiger partial charge in [0, 0.05) is 49.3 Å². The van der Waals surface area contributed by atoms with Gasteiger partial charge in [0.1, 0.15) is 6.04 Å². The van der Waals surface area contributed by atoms with E-state index in [1.165, 1.54) is 18.3 Å². The van der Waals surface area contributed by atoms with Gasteiger partial charge in [-0.3, -0.25) is 29.0 Å². The summed E-state index contributed by atoms with van der Waals surface area (Å²) in [5.41, 5.74) is 14.3. The molecule has 5 rings (SSSR count). The number of benzene rings is 3. The zero-order chi connectivity index (χ0) is 40.2. The van der Waals surface area contributed by atoms with Crippen LogP contribution >= 0.6 is 11.3 Å². The number of aliphatic imine (C=N–C) groups is 1. The Morgan fingerprint density at radius 2 is 1.52 bits per heavy atom. The van der Waals surface area contributed by atoms with Crippen molar-refractivity contribution in [3.63, 3.8) is 0 Å². The molecule has 0 radical (unpaired) electrons. The van der Waals surface area contributed by atoms with Gasteiger partial charge in [0.05, 0.1) is 22.3 Å². The summed E-state index contributed by atoms with van der Waals surface area (Å²) in [6, 6.07) is 21.6. The lowest BCUT2D eigenvalue weighted by molar-refractivity contribution is -0.133. The van der Waals surface area contributed by atoms with E-state index in [1.54, 1.807) is 0 Å². The number of para-hydroxylation sites is 2. The molecule has 2 heterocycles. The average molecular weight is 779 g/mol. The summed E-state index contributed by atoms with van der Waals surface area (Å²) >= 11 is 1.25. The molecule has 0 aliphatic rings. The van der Waals surface area contributed by atoms with Crippen LogP contribution in [-0.2, 0) is 32.0 Å². The van der Waals surface area contributed by atoms with Gasteiger partial charge < -0.3 is 32.4 Å². The minimum Gasteiger partial charge on any atom is -0.370 e. The summed E-state index contributed by atoms with van der Waals surface area (Å²) in [5, 5.41) is 9.81. The van der Waals surface area contributed by atoms with Crippen molar-refractivity contribution >= 4 is 67.7 Å². The first-order valence-electron chi connectivity index (χ1n) is 18.8. The van der Waals surface area contributed by atoms with Crippen LogP contribution < -0.4 is 27.4 Å². The van der Waals surface area contributed by atoms with Crippen LogP contribution in [0.3, 0.4) is 0 Å². The maximum absolute atomic E-state index is 14.3. The second-order valence-corrected chi connectivity index (χ2v) is 15.5. The molecule has 2 aromatic heterocycles. The molecule has 3 aromatic carbocycles. The Kier molecular flexibility index (Phi) is 14.5. The molecule has 0 unspecified atom stereocenters. The van der Waals surface area contributed by atoms with Gasteiger partial charge in [-0.1, -0.05) is 74.5 Å². The first-order valence-corrected chi connectivity index (χ1v) is 19.6. The number of aromatic nitrogens is 2. The number of rotatable bonds is 20. The van der Waals surface area contributed by atoms with Crippen LogP contribution in [0.4, 0.5) is 0 Å². The predicted molar refractivity (Wildman–Crippen MR) is 220 cm³/mol. The van der Waals surface area contributed by atoms with Crippen LogP contribution in [0.2, 0.25) is 0 Å². The average Bonchev–Trinajstić information content (AvgIpc) is 3.79. The van der Waals surface area contributed by atoms with E-state index in [1.807, 2.05) is 98.9 Å². The molecule has 0 spiro atoms. The number of ketones is 2. The van der Waals surface area contributed by atoms with Crippen LogP contribution in [0.5, 0.6) is 0 Å². The van der Waals surface area contributed by atoms with E-state index in [0.29, 0.717) is 18.4 Å². The number of amides is 3. The second kappa shape index (κ2) is 19.6. The number of carbonyl (C=O) groups is 5. The molecule has 0 saturated carbocycles. The molecule has 0 aliphatic heterocycles. The maximum Gasteiger partial charge on any atom is 0.243 e. The summed E-state index contributed by atoms with van der Waals surface area (Å²) in [7, 11) is 0. The third-order valence-electron chi connectivity index (χ3n) is 9.43. The molecule has 14 heteroatoms. The summed E-state index contributed by atoms with van der Waals surface area (Å²) in [5.74, 6) is -2.99. The number of Topliss-reactive ketones (excluding diaryl/α,β-unsaturated/α-hetero) is 2. The number of nitrogens with two attached hydrogens (primary N) is 2. The Bertz CT molecular complexity index is 2140. The highest BCUT2D eigenvalue weighted by Gasteiger charge is 2.33. The normalized spacial score (nSPS) is 13.4. The maximum atomic E-state index is 14.3. The number of fused-ring (bicyclic) bond motifs is 2. The molecule has 0 saturated heterocycles. The predicted octanol–water partition coefficient (Wildman–Crippen LogP) is 4.60. The van der Waals surface area contributed by atoms with E-state index >= 15 is 0 Å². The lowest BCUT2D eigenvalue weighted by Gasteiger charge is -2.26. The molecule has 13 nitrogen and oxygen atoms in total. The van der Waals surface area contributed by atoms with Gasteiger partial charge >= 0.3 is 0 Å². The highest BCUT2D eigenvalue weighted by Crippen LogP contribution is 2.25. The van der Waals surface area contributed by atoms with Gasteiger partial charge in [-0.15, -0.1) is 11.3 Å². The number of thiazole rings is 1. The number of guanidine groups is 1. The third kappa shape index (κ3) is 11.6. The number of nitrogens with one attached hydrogen (secondary N) is 4. The minimum atomic E-state index is -0.959. The molecular formula is C42H50N8O5S. The SMILES string of the molecule is CC(=O)N[C@@H](Cc1c[nH]c2ccccc12)C(=O)N[C@@H](CC(C)C)C(=O)C[C@@H](Cc1ccccc1)C(=O)N[C@@H](CCCN=C(N)N)C(=O)c1nc2ccccc2s1. The highest BCUT2D eigenvalue weighted by molar-refractivity contribution is 7.20. The van der Waals surface area contributed by atoms with Gasteiger partial charge in [0.25, 0.3) is 0 Å². The third-order valence-corrected chi connectivity index (χ3v) is 10.5. The standard InChI is InChI=1S/C42H50N8O5S/c1-25(2)20-34(49-40(55)35(47-26(3)51)22-29-24-46-31-15-8-7-14-30(29)31)36(52)23-28(21-27-12-5-4-6-13-27)39(54)48-33(17-11-19-45-42(43)44)38(53)41-50-32-16-9-10-18-37(32)56-41/h4-10,12-16,18,24-25,28,33-35,46H,11,17,19-23H2,1-3H3,(H,47,51)(H,48,54)(H,49,55)(H4,43,44,45)/t28-,33+,34+,35+/m1/s1. The summed E-state index contributed by atoms with van der Waals surface area (Å²) in [4.78, 5) is 80.5. The van der Waals surface area contributed by atoms with Crippen LogP contribution in [-0.4, -0.2) is 69.9 Å². The molecule has 0 fully saturated rings. The molecule has 3 amide bonds. The van der Waals surface area contributed by atoms with Crippen molar-refractivity contribution < 1.29 is 24.0 Å². The lowest BCUT2D eigenvalue weighted by Crippen LogP contribution is -2.53. The molecule has 0 aliphatic carbocycles. The van der Waals surface area contributed by atoms with Gasteiger partial charge in [0.15, 0.2) is 16.8 Å². The molecule has 5 aromatic rings. The summed E-state index contributed by atoms with van der Waals surface area (Å²) in [6.07, 6.45) is 2.96. The molecule has 294 valence electrons. The first kappa shape index (κ1) is 41.3. The fourth-order valence-corrected chi connectivity index (χ4v) is 7.68. The zero-order valence-electron chi connectivity index (χ0n) is 31.9. The molecular weight excluding hydrogens is 729 g/mol. The van der Waals surface area contributed by atoms with Crippen LogP contribution in [0.1, 0.15) is 67.4 Å². The molecule has 56 heavy (non-hydrogen) atoms. The van der Waals surface area contributed by atoms with Crippen molar-refractivity contribution in [2.45, 2.75) is 77.4 Å². The largest absolute Gasteiger partial charge is 0.370 e. The van der Waals surface area contributed by atoms with Crippen LogP contribution in [0.15, 0.2) is 90.1 Å². The molecule has 8 N–H and O–H groups in total. The van der Waals surface area contributed by atoms with Crippen molar-refractivity contribution in [3.8, 4) is 0 Å². The Balaban J connectivity index is 1.37. The Hall–Kier alpha value is -5.89. The monoisotopic (exact) mass is 778 g/mol. The minimum absolute atomic E-state index is 0.0134. The smallest absolute Gasteiger partial charge is 0.243 e. The number of hydrogen-bond acceptors (Lipinski definition) is 8. The van der Waals surface area contributed by atoms with E-state index in [9.17, 15) is 24.0 Å². The van der Waals surface area contributed by atoms with Crippen molar-refractivity contribution in [2.75, 3.05) is 6.54 Å². The van der Waals surface area contributed by atoms with Crippen molar-refractivity contribution in [1.29, 1.82) is 0 Å². The Labute approximate surface area is 330 Å². The number of aromatic amines is 1. The second-order valence-electron chi connectivity index (χ2n) is 14.4. The van der Waals surface area contributed by atoms with E-state index in [2.05, 4.69) is 30.9 Å². The van der Waals surface area contributed by atoms with E-state index in [4.69, 9.17) is 11.5 Å². The molecule has 4 atom stereocenters. The molecule has 0 bridgehead atoms.